The zero-order chi connectivity index (χ0) is 22.2. The maximum absolute atomic E-state index is 13.0. The van der Waals surface area contributed by atoms with E-state index in [0.29, 0.717) is 39.3 Å². The van der Waals surface area contributed by atoms with Crippen molar-refractivity contribution in [1.82, 2.24) is 14.5 Å². The van der Waals surface area contributed by atoms with Crippen molar-refractivity contribution < 1.29 is 14.3 Å². The van der Waals surface area contributed by atoms with E-state index in [1.54, 1.807) is 0 Å². The van der Waals surface area contributed by atoms with Gasteiger partial charge < -0.3 is 19.1 Å². The van der Waals surface area contributed by atoms with Gasteiger partial charge in [0.15, 0.2) is 0 Å². The molecule has 32 heavy (non-hydrogen) atoms. The minimum absolute atomic E-state index is 0.0611. The Morgan fingerprint density at radius 3 is 2.66 bits per heavy atom. The molecule has 0 spiro atoms. The fourth-order valence-corrected chi connectivity index (χ4v) is 4.64. The standard InChI is InChI=1S/C25H28N4O3/c1-17-7-8-20(13-18(17)2)28-15-19(14-23(28)30)25-26-21-5-3-4-6-22(21)29(25)16-24(31)27-9-11-32-12-10-27/h3-8,13,19H,9-12,14-16H2,1-2H3. The van der Waals surface area contributed by atoms with Gasteiger partial charge in [-0.3, -0.25) is 9.59 Å². The number of fused-ring (bicyclic) bond motifs is 1. The molecule has 2 amide bonds. The van der Waals surface area contributed by atoms with Gasteiger partial charge in [0.2, 0.25) is 11.8 Å². The highest BCUT2D eigenvalue weighted by Gasteiger charge is 2.35. The van der Waals surface area contributed by atoms with Gasteiger partial charge in [0, 0.05) is 37.7 Å². The lowest BCUT2D eigenvalue weighted by Gasteiger charge is -2.27. The minimum atomic E-state index is -0.0611. The molecule has 2 aliphatic rings. The van der Waals surface area contributed by atoms with Crippen LogP contribution in [0.25, 0.3) is 11.0 Å². The molecule has 0 aliphatic carbocycles. The minimum Gasteiger partial charge on any atom is -0.378 e. The third-order valence-electron chi connectivity index (χ3n) is 6.63. The van der Waals surface area contributed by atoms with Gasteiger partial charge in [0.25, 0.3) is 0 Å². The number of amides is 2. The summed E-state index contributed by atoms with van der Waals surface area (Å²) < 4.78 is 7.39. The van der Waals surface area contributed by atoms with Crippen LogP contribution in [0.3, 0.4) is 0 Å². The Hall–Kier alpha value is -3.19. The average molecular weight is 433 g/mol. The van der Waals surface area contributed by atoms with E-state index in [1.807, 2.05) is 44.7 Å². The molecule has 7 heteroatoms. The molecule has 3 aromatic rings. The number of anilines is 1. The molecule has 0 radical (unpaired) electrons. The van der Waals surface area contributed by atoms with Crippen molar-refractivity contribution in [2.75, 3.05) is 37.7 Å². The molecule has 1 aromatic heterocycles. The summed E-state index contributed by atoms with van der Waals surface area (Å²) in [6, 6.07) is 14.0. The Labute approximate surface area is 187 Å². The molecule has 2 fully saturated rings. The molecular weight excluding hydrogens is 404 g/mol. The van der Waals surface area contributed by atoms with Crippen LogP contribution in [0.2, 0.25) is 0 Å². The topological polar surface area (TPSA) is 67.7 Å². The molecule has 166 valence electrons. The molecule has 5 rings (SSSR count). The summed E-state index contributed by atoms with van der Waals surface area (Å²) in [6.07, 6.45) is 0.391. The number of ether oxygens (including phenoxy) is 1. The molecule has 2 saturated heterocycles. The van der Waals surface area contributed by atoms with Crippen LogP contribution in [0, 0.1) is 13.8 Å². The summed E-state index contributed by atoms with van der Waals surface area (Å²) >= 11 is 0. The van der Waals surface area contributed by atoms with E-state index in [2.05, 4.69) is 26.0 Å². The number of carbonyl (C=O) groups is 2. The van der Waals surface area contributed by atoms with Crippen LogP contribution < -0.4 is 4.90 Å². The summed E-state index contributed by atoms with van der Waals surface area (Å²) in [5, 5.41) is 0. The monoisotopic (exact) mass is 432 g/mol. The number of hydrogen-bond acceptors (Lipinski definition) is 4. The largest absolute Gasteiger partial charge is 0.378 e. The zero-order valence-electron chi connectivity index (χ0n) is 18.6. The van der Waals surface area contributed by atoms with Crippen molar-refractivity contribution in [3.05, 3.63) is 59.4 Å². The van der Waals surface area contributed by atoms with Gasteiger partial charge in [-0.1, -0.05) is 18.2 Å². The number of aromatic nitrogens is 2. The van der Waals surface area contributed by atoms with Crippen LogP contribution in [0.1, 0.15) is 29.3 Å². The Balaban J connectivity index is 1.46. The van der Waals surface area contributed by atoms with E-state index < -0.39 is 0 Å². The van der Waals surface area contributed by atoms with Gasteiger partial charge in [-0.05, 0) is 49.2 Å². The predicted molar refractivity (Wildman–Crippen MR) is 123 cm³/mol. The van der Waals surface area contributed by atoms with Gasteiger partial charge in [-0.15, -0.1) is 0 Å². The van der Waals surface area contributed by atoms with Crippen molar-refractivity contribution in [3.63, 3.8) is 0 Å². The zero-order valence-corrected chi connectivity index (χ0v) is 18.6. The molecule has 1 atom stereocenters. The number of morpholine rings is 1. The molecule has 1 unspecified atom stereocenters. The van der Waals surface area contributed by atoms with Crippen molar-refractivity contribution in [1.29, 1.82) is 0 Å². The van der Waals surface area contributed by atoms with E-state index in [1.165, 1.54) is 11.1 Å². The van der Waals surface area contributed by atoms with E-state index in [4.69, 9.17) is 9.72 Å². The molecule has 0 saturated carbocycles. The molecule has 0 N–H and O–H groups in total. The maximum atomic E-state index is 13.0. The smallest absolute Gasteiger partial charge is 0.242 e. The molecule has 3 heterocycles. The molecule has 7 nitrogen and oxygen atoms in total. The lowest BCUT2D eigenvalue weighted by Crippen LogP contribution is -2.42. The van der Waals surface area contributed by atoms with Crippen LogP contribution in [-0.2, 0) is 20.9 Å². The van der Waals surface area contributed by atoms with Crippen LogP contribution >= 0.6 is 0 Å². The SMILES string of the molecule is Cc1ccc(N2CC(c3nc4ccccc4n3CC(=O)N3CCOCC3)CC2=O)cc1C. The number of hydrogen-bond donors (Lipinski definition) is 0. The normalized spacial score (nSPS) is 19.2. The predicted octanol–water partition coefficient (Wildman–Crippen LogP) is 3.03. The highest BCUT2D eigenvalue weighted by atomic mass is 16.5. The first-order valence-corrected chi connectivity index (χ1v) is 11.2. The molecule has 0 bridgehead atoms. The lowest BCUT2D eigenvalue weighted by molar-refractivity contribution is -0.135. The van der Waals surface area contributed by atoms with Crippen LogP contribution in [0.15, 0.2) is 42.5 Å². The second-order valence-corrected chi connectivity index (χ2v) is 8.71. The van der Waals surface area contributed by atoms with Gasteiger partial charge in [-0.25, -0.2) is 4.98 Å². The highest BCUT2D eigenvalue weighted by molar-refractivity contribution is 5.96. The van der Waals surface area contributed by atoms with Crippen molar-refractivity contribution >= 4 is 28.5 Å². The quantitative estimate of drug-likeness (QED) is 0.636. The van der Waals surface area contributed by atoms with Crippen LogP contribution in [0.5, 0.6) is 0 Å². The maximum Gasteiger partial charge on any atom is 0.242 e. The summed E-state index contributed by atoms with van der Waals surface area (Å²) in [6.45, 7) is 7.30. The van der Waals surface area contributed by atoms with Crippen molar-refractivity contribution in [2.45, 2.75) is 32.7 Å². The first-order valence-electron chi connectivity index (χ1n) is 11.2. The van der Waals surface area contributed by atoms with E-state index in [-0.39, 0.29) is 24.3 Å². The Kier molecular flexibility index (Phi) is 5.43. The van der Waals surface area contributed by atoms with Gasteiger partial charge in [0.05, 0.1) is 24.2 Å². The summed E-state index contributed by atoms with van der Waals surface area (Å²) in [5.41, 5.74) is 5.09. The Morgan fingerprint density at radius 2 is 1.88 bits per heavy atom. The fraction of sp³-hybridized carbons (Fsp3) is 0.400. The Bertz CT molecular complexity index is 1180. The van der Waals surface area contributed by atoms with Gasteiger partial charge in [-0.2, -0.15) is 0 Å². The summed E-state index contributed by atoms with van der Waals surface area (Å²) in [7, 11) is 0. The highest BCUT2D eigenvalue weighted by Crippen LogP contribution is 2.34. The van der Waals surface area contributed by atoms with E-state index in [0.717, 1.165) is 22.5 Å². The first-order chi connectivity index (χ1) is 15.5. The number of benzene rings is 2. The number of nitrogens with zero attached hydrogens (tertiary/aromatic N) is 4. The van der Waals surface area contributed by atoms with E-state index >= 15 is 0 Å². The average Bonchev–Trinajstić information content (AvgIpc) is 3.37. The van der Waals surface area contributed by atoms with E-state index in [9.17, 15) is 9.59 Å². The molecule has 2 aromatic carbocycles. The van der Waals surface area contributed by atoms with Crippen LogP contribution in [0.4, 0.5) is 5.69 Å². The number of carbonyl (C=O) groups excluding carboxylic acids is 2. The van der Waals surface area contributed by atoms with Crippen molar-refractivity contribution in [2.24, 2.45) is 0 Å². The molecule has 2 aliphatic heterocycles. The summed E-state index contributed by atoms with van der Waals surface area (Å²) in [5.74, 6) is 0.908. The first kappa shape index (κ1) is 20.7. The third kappa shape index (κ3) is 3.77. The van der Waals surface area contributed by atoms with Crippen molar-refractivity contribution in [3.8, 4) is 0 Å². The number of rotatable bonds is 4. The van der Waals surface area contributed by atoms with Gasteiger partial charge >= 0.3 is 0 Å². The van der Waals surface area contributed by atoms with Crippen LogP contribution in [-0.4, -0.2) is 59.1 Å². The number of para-hydroxylation sites is 2. The second kappa shape index (κ2) is 8.39. The van der Waals surface area contributed by atoms with Gasteiger partial charge in [0.1, 0.15) is 12.4 Å². The Morgan fingerprint density at radius 1 is 1.09 bits per heavy atom. The number of aryl methyl sites for hydroxylation is 2. The third-order valence-corrected chi connectivity index (χ3v) is 6.63. The number of imidazole rings is 1. The lowest BCUT2D eigenvalue weighted by atomic mass is 10.1. The molecular formula is C25H28N4O3. The summed E-state index contributed by atoms with van der Waals surface area (Å²) in [4.78, 5) is 34.6. The second-order valence-electron chi connectivity index (χ2n) is 8.71. The fourth-order valence-electron chi connectivity index (χ4n) is 4.64.